The Morgan fingerprint density at radius 2 is 2.12 bits per heavy atom. The molecule has 0 unspecified atom stereocenters. The third kappa shape index (κ3) is 2.35. The predicted molar refractivity (Wildman–Crippen MR) is 63.9 cm³/mol. The highest BCUT2D eigenvalue weighted by molar-refractivity contribution is 5.89. The number of non-ortho nitro benzene ring substituents is 1. The molecule has 0 bridgehead atoms. The van der Waals surface area contributed by atoms with Gasteiger partial charge in [0.15, 0.2) is 0 Å². The summed E-state index contributed by atoms with van der Waals surface area (Å²) in [6, 6.07) is 4.61. The van der Waals surface area contributed by atoms with Crippen LogP contribution in [-0.4, -0.2) is 29.4 Å². The van der Waals surface area contributed by atoms with Crippen molar-refractivity contribution in [3.05, 3.63) is 33.9 Å². The van der Waals surface area contributed by atoms with Crippen molar-refractivity contribution < 1.29 is 10.1 Å². The normalized spacial score (nSPS) is 15.6. The van der Waals surface area contributed by atoms with E-state index in [9.17, 15) is 10.1 Å². The van der Waals surface area contributed by atoms with Gasteiger partial charge < -0.3 is 10.1 Å². The molecule has 6 heteroatoms. The fourth-order valence-electron chi connectivity index (χ4n) is 2.07. The first-order valence-electron chi connectivity index (χ1n) is 5.43. The standard InChI is InChI=1S/C11H13N3O3/c15-12-8-9-7-10(14(16)17)3-4-11(9)13-5-1-2-6-13/h3-4,7-8,15H,1-2,5-6H2/b12-8-. The predicted octanol–water partition coefficient (Wildman–Crippen LogP) is 2.00. The van der Waals surface area contributed by atoms with Gasteiger partial charge in [-0.15, -0.1) is 0 Å². The monoisotopic (exact) mass is 235 g/mol. The van der Waals surface area contributed by atoms with Crippen LogP contribution in [-0.2, 0) is 0 Å². The Bertz CT molecular complexity index is 453. The van der Waals surface area contributed by atoms with E-state index in [4.69, 9.17) is 5.21 Å². The first kappa shape index (κ1) is 11.4. The van der Waals surface area contributed by atoms with Crippen molar-refractivity contribution in [1.29, 1.82) is 0 Å². The van der Waals surface area contributed by atoms with Crippen LogP contribution in [0, 0.1) is 10.1 Å². The molecular weight excluding hydrogens is 222 g/mol. The van der Waals surface area contributed by atoms with Crippen molar-refractivity contribution in [3.8, 4) is 0 Å². The Morgan fingerprint density at radius 1 is 1.41 bits per heavy atom. The molecule has 0 aromatic heterocycles. The third-order valence-corrected chi connectivity index (χ3v) is 2.87. The van der Waals surface area contributed by atoms with E-state index in [0.717, 1.165) is 31.6 Å². The molecule has 17 heavy (non-hydrogen) atoms. The molecule has 2 rings (SSSR count). The fraction of sp³-hybridized carbons (Fsp3) is 0.364. The van der Waals surface area contributed by atoms with Gasteiger partial charge in [-0.3, -0.25) is 10.1 Å². The fourth-order valence-corrected chi connectivity index (χ4v) is 2.07. The number of anilines is 1. The minimum absolute atomic E-state index is 0.00264. The Morgan fingerprint density at radius 3 is 2.71 bits per heavy atom. The quantitative estimate of drug-likeness (QED) is 0.376. The smallest absolute Gasteiger partial charge is 0.270 e. The highest BCUT2D eigenvalue weighted by Gasteiger charge is 2.17. The molecule has 1 aliphatic heterocycles. The first-order valence-corrected chi connectivity index (χ1v) is 5.43. The lowest BCUT2D eigenvalue weighted by Crippen LogP contribution is -2.19. The summed E-state index contributed by atoms with van der Waals surface area (Å²) in [5.74, 6) is 0. The Labute approximate surface area is 98.3 Å². The highest BCUT2D eigenvalue weighted by Crippen LogP contribution is 2.27. The minimum atomic E-state index is -0.456. The van der Waals surface area contributed by atoms with E-state index in [-0.39, 0.29) is 5.69 Å². The van der Waals surface area contributed by atoms with Crippen LogP contribution in [0.3, 0.4) is 0 Å². The zero-order chi connectivity index (χ0) is 12.3. The molecule has 0 amide bonds. The van der Waals surface area contributed by atoms with Gasteiger partial charge in [-0.05, 0) is 18.9 Å². The van der Waals surface area contributed by atoms with Crippen LogP contribution in [0.4, 0.5) is 11.4 Å². The summed E-state index contributed by atoms with van der Waals surface area (Å²) in [7, 11) is 0. The molecule has 0 saturated carbocycles. The SMILES string of the molecule is O=[N+]([O-])c1ccc(N2CCCC2)c(/C=N\O)c1. The van der Waals surface area contributed by atoms with E-state index >= 15 is 0 Å². The lowest BCUT2D eigenvalue weighted by Gasteiger charge is -2.19. The van der Waals surface area contributed by atoms with Crippen molar-refractivity contribution in [1.82, 2.24) is 0 Å². The number of benzene rings is 1. The maximum Gasteiger partial charge on any atom is 0.270 e. The molecule has 0 atom stereocenters. The van der Waals surface area contributed by atoms with Crippen LogP contribution in [0.25, 0.3) is 0 Å². The van der Waals surface area contributed by atoms with Crippen molar-refractivity contribution in [3.63, 3.8) is 0 Å². The highest BCUT2D eigenvalue weighted by atomic mass is 16.6. The molecule has 1 aromatic rings. The van der Waals surface area contributed by atoms with E-state index in [1.165, 1.54) is 18.3 Å². The third-order valence-electron chi connectivity index (χ3n) is 2.87. The summed E-state index contributed by atoms with van der Waals surface area (Å²) in [5, 5.41) is 22.2. The molecule has 1 fully saturated rings. The van der Waals surface area contributed by atoms with E-state index in [1.54, 1.807) is 6.07 Å². The van der Waals surface area contributed by atoms with Gasteiger partial charge in [-0.25, -0.2) is 0 Å². The molecule has 0 radical (unpaired) electrons. The van der Waals surface area contributed by atoms with E-state index in [2.05, 4.69) is 10.1 Å². The zero-order valence-corrected chi connectivity index (χ0v) is 9.24. The van der Waals surface area contributed by atoms with Gasteiger partial charge in [0.05, 0.1) is 11.1 Å². The number of nitro groups is 1. The van der Waals surface area contributed by atoms with Gasteiger partial charge in [0.1, 0.15) is 0 Å². The number of oxime groups is 1. The molecule has 1 aromatic carbocycles. The summed E-state index contributed by atoms with van der Waals surface area (Å²) in [6.45, 7) is 1.87. The lowest BCUT2D eigenvalue weighted by molar-refractivity contribution is -0.384. The van der Waals surface area contributed by atoms with Gasteiger partial charge in [0, 0.05) is 36.5 Å². The summed E-state index contributed by atoms with van der Waals surface area (Å²) in [6.07, 6.45) is 3.47. The maximum atomic E-state index is 10.7. The van der Waals surface area contributed by atoms with Gasteiger partial charge in [0.2, 0.25) is 0 Å². The number of nitro benzene ring substituents is 1. The van der Waals surface area contributed by atoms with Crippen LogP contribution >= 0.6 is 0 Å². The van der Waals surface area contributed by atoms with Crippen LogP contribution in [0.1, 0.15) is 18.4 Å². The molecule has 90 valence electrons. The maximum absolute atomic E-state index is 10.7. The topological polar surface area (TPSA) is 79.0 Å². The largest absolute Gasteiger partial charge is 0.411 e. The Balaban J connectivity index is 2.40. The lowest BCUT2D eigenvalue weighted by atomic mass is 10.1. The summed E-state index contributed by atoms with van der Waals surface area (Å²) < 4.78 is 0. The average molecular weight is 235 g/mol. The molecule has 1 N–H and O–H groups in total. The van der Waals surface area contributed by atoms with Crippen LogP contribution in [0.2, 0.25) is 0 Å². The van der Waals surface area contributed by atoms with Crippen LogP contribution in [0.15, 0.2) is 23.4 Å². The Kier molecular flexibility index (Phi) is 3.22. The number of nitrogens with zero attached hydrogens (tertiary/aromatic N) is 3. The first-order chi connectivity index (χ1) is 8.22. The number of hydrogen-bond acceptors (Lipinski definition) is 5. The summed E-state index contributed by atoms with van der Waals surface area (Å²) in [4.78, 5) is 12.4. The second kappa shape index (κ2) is 4.82. The molecule has 1 aliphatic rings. The van der Waals surface area contributed by atoms with E-state index in [1.807, 2.05) is 0 Å². The summed E-state index contributed by atoms with van der Waals surface area (Å²) >= 11 is 0. The second-order valence-corrected chi connectivity index (χ2v) is 3.94. The molecule has 0 spiro atoms. The zero-order valence-electron chi connectivity index (χ0n) is 9.24. The molecular formula is C11H13N3O3. The Hall–Kier alpha value is -2.11. The van der Waals surface area contributed by atoms with Crippen molar-refractivity contribution in [2.45, 2.75) is 12.8 Å². The number of hydrogen-bond donors (Lipinski definition) is 1. The van der Waals surface area contributed by atoms with Crippen LogP contribution in [0.5, 0.6) is 0 Å². The van der Waals surface area contributed by atoms with E-state index in [0.29, 0.717) is 5.56 Å². The summed E-state index contributed by atoms with van der Waals surface area (Å²) in [5.41, 5.74) is 1.46. The average Bonchev–Trinajstić information content (AvgIpc) is 2.82. The molecule has 6 nitrogen and oxygen atoms in total. The molecule has 0 aliphatic carbocycles. The van der Waals surface area contributed by atoms with Gasteiger partial charge >= 0.3 is 0 Å². The van der Waals surface area contributed by atoms with Gasteiger partial charge in [0.25, 0.3) is 5.69 Å². The second-order valence-electron chi connectivity index (χ2n) is 3.94. The number of rotatable bonds is 3. The van der Waals surface area contributed by atoms with Crippen LogP contribution < -0.4 is 4.90 Å². The van der Waals surface area contributed by atoms with Gasteiger partial charge in [-0.1, -0.05) is 5.16 Å². The van der Waals surface area contributed by atoms with Crippen molar-refractivity contribution >= 4 is 17.6 Å². The minimum Gasteiger partial charge on any atom is -0.411 e. The van der Waals surface area contributed by atoms with Crippen molar-refractivity contribution in [2.24, 2.45) is 5.16 Å². The molecule has 1 saturated heterocycles. The van der Waals surface area contributed by atoms with Crippen molar-refractivity contribution in [2.75, 3.05) is 18.0 Å². The molecule has 1 heterocycles. The van der Waals surface area contributed by atoms with Gasteiger partial charge in [-0.2, -0.15) is 0 Å². The van der Waals surface area contributed by atoms with E-state index < -0.39 is 4.92 Å².